The van der Waals surface area contributed by atoms with Crippen molar-refractivity contribution in [2.24, 2.45) is 0 Å². The summed E-state index contributed by atoms with van der Waals surface area (Å²) in [7, 11) is 0. The Kier molecular flexibility index (Phi) is 10.9. The Labute approximate surface area is 265 Å². The van der Waals surface area contributed by atoms with Crippen LogP contribution in [0.5, 0.6) is 5.75 Å². The smallest absolute Gasteiger partial charge is 0.406 e. The summed E-state index contributed by atoms with van der Waals surface area (Å²) in [5.74, 6) is -2.15. The van der Waals surface area contributed by atoms with Gasteiger partial charge in [0.05, 0.1) is 27.5 Å². The highest BCUT2D eigenvalue weighted by Crippen LogP contribution is 2.37. The molecule has 0 bridgehead atoms. The quantitative estimate of drug-likeness (QED) is 0.169. The van der Waals surface area contributed by atoms with Crippen LogP contribution in [0.1, 0.15) is 17.2 Å². The summed E-state index contributed by atoms with van der Waals surface area (Å²) in [6.45, 7) is 1.99. The highest BCUT2D eigenvalue weighted by atomic mass is 35.5. The fraction of sp³-hybridized carbons (Fsp3) is 0.200. The number of nitrogens with two attached hydrogens (primary N) is 1. The zero-order chi connectivity index (χ0) is 31.3. The van der Waals surface area contributed by atoms with Crippen molar-refractivity contribution in [2.45, 2.75) is 18.9 Å². The Hall–Kier alpha value is -2.95. The first-order chi connectivity index (χ1) is 20.3. The number of ether oxygens (including phenoxy) is 1. The lowest BCUT2D eigenvalue weighted by Gasteiger charge is -2.43. The van der Waals surface area contributed by atoms with Gasteiger partial charge in [-0.3, -0.25) is 4.90 Å². The van der Waals surface area contributed by atoms with Gasteiger partial charge in [-0.15, -0.1) is 13.2 Å². The van der Waals surface area contributed by atoms with E-state index in [-0.39, 0.29) is 11.8 Å². The molecule has 2 N–H and O–H groups in total. The van der Waals surface area contributed by atoms with Crippen LogP contribution in [0.25, 0.3) is 0 Å². The molecule has 0 radical (unpaired) electrons. The molecule has 0 saturated carbocycles. The van der Waals surface area contributed by atoms with Gasteiger partial charge in [0, 0.05) is 36.2 Å². The molecule has 1 aliphatic heterocycles. The summed E-state index contributed by atoms with van der Waals surface area (Å²) in [6.07, 6.45) is -4.78. The summed E-state index contributed by atoms with van der Waals surface area (Å²) in [5, 5.41) is 2.04. The molecule has 1 saturated heterocycles. The standard InChI is InChI=1S/C24H19Cl2F5N2O.C6H5Cl2N/c25-17-4-8-22(19(26)12-17)33-10-9-32(13-15-1-7-20(27)21(28)11-15)14-23(33)16-2-5-18(6-3-16)34-24(29,30)31;7-4-1-2-6(9)5(8)3-4/h1-8,11-12,23H,9-10,13-14H2;1-3H,9H2. The van der Waals surface area contributed by atoms with Gasteiger partial charge in [0.15, 0.2) is 11.6 Å². The SMILES string of the molecule is Fc1ccc(CN2CCN(c3ccc(Cl)cc3Cl)C(c3ccc(OC(F)(F)F)cc3)C2)cc1F.Nc1ccc(Cl)cc1Cl. The third kappa shape index (κ3) is 9.27. The Balaban J connectivity index is 0.000000403. The van der Waals surface area contributed by atoms with Crippen LogP contribution < -0.4 is 15.4 Å². The maximum Gasteiger partial charge on any atom is 0.573 e. The minimum absolute atomic E-state index is 0.280. The number of alkyl halides is 3. The molecule has 0 aromatic heterocycles. The first kappa shape index (κ1) is 33.0. The van der Waals surface area contributed by atoms with Crippen LogP contribution in [-0.4, -0.2) is 30.9 Å². The normalized spacial score (nSPS) is 15.6. The zero-order valence-electron chi connectivity index (χ0n) is 22.2. The van der Waals surface area contributed by atoms with E-state index in [1.54, 1.807) is 48.5 Å². The van der Waals surface area contributed by atoms with Crippen LogP contribution in [0.2, 0.25) is 20.1 Å². The lowest BCUT2D eigenvalue weighted by Crippen LogP contribution is -2.48. The second-order valence-electron chi connectivity index (χ2n) is 9.57. The molecule has 4 aromatic rings. The van der Waals surface area contributed by atoms with E-state index in [1.807, 2.05) is 0 Å². The summed E-state index contributed by atoms with van der Waals surface area (Å²) < 4.78 is 68.6. The molecule has 1 atom stereocenters. The van der Waals surface area contributed by atoms with Crippen LogP contribution in [0, 0.1) is 11.6 Å². The van der Waals surface area contributed by atoms with Gasteiger partial charge in [-0.2, -0.15) is 0 Å². The average Bonchev–Trinajstić information content (AvgIpc) is 2.93. The Bertz CT molecular complexity index is 1560. The number of anilines is 2. The molecule has 0 aliphatic carbocycles. The Morgan fingerprint density at radius 2 is 1.42 bits per heavy atom. The van der Waals surface area contributed by atoms with Crippen LogP contribution in [0.3, 0.4) is 0 Å². The molecule has 1 heterocycles. The number of hydrogen-bond acceptors (Lipinski definition) is 4. The van der Waals surface area contributed by atoms with Crippen molar-refractivity contribution in [1.82, 2.24) is 4.90 Å². The molecule has 5 rings (SSSR count). The largest absolute Gasteiger partial charge is 0.573 e. The number of halogens is 9. The predicted octanol–water partition coefficient (Wildman–Crippen LogP) is 9.81. The molecule has 1 aliphatic rings. The maximum atomic E-state index is 13.7. The van der Waals surface area contributed by atoms with E-state index in [9.17, 15) is 22.0 Å². The molecular formula is C30H24Cl4F5N3O. The maximum absolute atomic E-state index is 13.7. The summed E-state index contributed by atoms with van der Waals surface area (Å²) in [4.78, 5) is 4.12. The van der Waals surface area contributed by atoms with Crippen molar-refractivity contribution < 1.29 is 26.7 Å². The monoisotopic (exact) mass is 677 g/mol. The lowest BCUT2D eigenvalue weighted by molar-refractivity contribution is -0.274. The number of rotatable bonds is 5. The van der Waals surface area contributed by atoms with E-state index < -0.39 is 18.0 Å². The van der Waals surface area contributed by atoms with Gasteiger partial charge in [-0.25, -0.2) is 8.78 Å². The second-order valence-corrected chi connectivity index (χ2v) is 11.3. The first-order valence-electron chi connectivity index (χ1n) is 12.7. The van der Waals surface area contributed by atoms with Gasteiger partial charge in [-0.1, -0.05) is 64.6 Å². The minimum atomic E-state index is -4.78. The highest BCUT2D eigenvalue weighted by Gasteiger charge is 2.32. The van der Waals surface area contributed by atoms with Crippen LogP contribution in [0.4, 0.5) is 33.3 Å². The summed E-state index contributed by atoms with van der Waals surface area (Å²) in [5.41, 5.74) is 8.05. The number of nitrogens with zero attached hydrogens (tertiary/aromatic N) is 2. The van der Waals surface area contributed by atoms with E-state index >= 15 is 0 Å². The molecule has 43 heavy (non-hydrogen) atoms. The second kappa shape index (κ2) is 14.2. The molecule has 0 amide bonds. The van der Waals surface area contributed by atoms with E-state index in [0.717, 1.165) is 23.4 Å². The van der Waals surface area contributed by atoms with Gasteiger partial charge in [0.2, 0.25) is 0 Å². The van der Waals surface area contributed by atoms with Crippen molar-refractivity contribution >= 4 is 57.8 Å². The average molecular weight is 679 g/mol. The predicted molar refractivity (Wildman–Crippen MR) is 162 cm³/mol. The molecule has 0 spiro atoms. The van der Waals surface area contributed by atoms with E-state index in [1.165, 1.54) is 18.2 Å². The molecular weight excluding hydrogens is 655 g/mol. The van der Waals surface area contributed by atoms with Crippen LogP contribution >= 0.6 is 46.4 Å². The third-order valence-corrected chi connectivity index (χ3v) is 7.64. The number of benzene rings is 4. The summed E-state index contributed by atoms with van der Waals surface area (Å²) >= 11 is 23.7. The minimum Gasteiger partial charge on any atom is -0.406 e. The molecule has 4 aromatic carbocycles. The Morgan fingerprint density at radius 1 is 0.767 bits per heavy atom. The molecule has 13 heteroatoms. The highest BCUT2D eigenvalue weighted by molar-refractivity contribution is 6.36. The Morgan fingerprint density at radius 3 is 2.00 bits per heavy atom. The van der Waals surface area contributed by atoms with E-state index in [0.29, 0.717) is 57.5 Å². The third-order valence-electron chi connectivity index (χ3n) is 6.53. The summed E-state index contributed by atoms with van der Waals surface area (Å²) in [6, 6.07) is 19.3. The van der Waals surface area contributed by atoms with E-state index in [4.69, 9.17) is 52.1 Å². The topological polar surface area (TPSA) is 41.7 Å². The number of piperazine rings is 1. The van der Waals surface area contributed by atoms with Crippen LogP contribution in [0.15, 0.2) is 78.9 Å². The van der Waals surface area contributed by atoms with Crippen molar-refractivity contribution in [2.75, 3.05) is 30.3 Å². The first-order valence-corrected chi connectivity index (χ1v) is 14.2. The number of nitrogen functional groups attached to an aromatic ring is 1. The van der Waals surface area contributed by atoms with Gasteiger partial charge in [0.1, 0.15) is 5.75 Å². The molecule has 1 unspecified atom stereocenters. The van der Waals surface area contributed by atoms with E-state index in [2.05, 4.69) is 14.5 Å². The molecule has 4 nitrogen and oxygen atoms in total. The molecule has 1 fully saturated rings. The van der Waals surface area contributed by atoms with Gasteiger partial charge in [0.25, 0.3) is 0 Å². The fourth-order valence-corrected chi connectivity index (χ4v) is 5.49. The fourth-order valence-electron chi connectivity index (χ4n) is 4.56. The lowest BCUT2D eigenvalue weighted by atomic mass is 10.0. The van der Waals surface area contributed by atoms with Gasteiger partial charge < -0.3 is 15.4 Å². The van der Waals surface area contributed by atoms with Crippen molar-refractivity contribution in [1.29, 1.82) is 0 Å². The van der Waals surface area contributed by atoms with Crippen LogP contribution in [-0.2, 0) is 6.54 Å². The molecule has 228 valence electrons. The zero-order valence-corrected chi connectivity index (χ0v) is 25.2. The van der Waals surface area contributed by atoms with Crippen molar-refractivity contribution in [3.63, 3.8) is 0 Å². The van der Waals surface area contributed by atoms with Gasteiger partial charge in [-0.05, 0) is 71.8 Å². The number of hydrogen-bond donors (Lipinski definition) is 1. The van der Waals surface area contributed by atoms with Crippen molar-refractivity contribution in [3.8, 4) is 5.75 Å². The van der Waals surface area contributed by atoms with Gasteiger partial charge >= 0.3 is 6.36 Å². The van der Waals surface area contributed by atoms with Crippen molar-refractivity contribution in [3.05, 3.63) is 122 Å².